The molecule has 1 aliphatic heterocycles. The average molecular weight is 512 g/mol. The molecule has 2 aromatic rings. The van der Waals surface area contributed by atoms with Crippen molar-refractivity contribution in [3.05, 3.63) is 65.5 Å². The summed E-state index contributed by atoms with van der Waals surface area (Å²) in [5, 5.41) is 9.33. The van der Waals surface area contributed by atoms with E-state index >= 15 is 0 Å². The number of carbonyl (C=O) groups excluding carboxylic acids is 1. The van der Waals surface area contributed by atoms with Gasteiger partial charge in [-0.2, -0.15) is 0 Å². The Balaban J connectivity index is 0.00000300. The van der Waals surface area contributed by atoms with Crippen molar-refractivity contribution in [2.24, 2.45) is 4.99 Å². The molecule has 6 nitrogen and oxygen atoms in total. The summed E-state index contributed by atoms with van der Waals surface area (Å²) in [5.74, 6) is 0.287. The van der Waals surface area contributed by atoms with Gasteiger partial charge in [-0.05, 0) is 48.2 Å². The second kappa shape index (κ2) is 11.7. The Labute approximate surface area is 187 Å². The van der Waals surface area contributed by atoms with Crippen LogP contribution in [0.25, 0.3) is 0 Å². The van der Waals surface area contributed by atoms with E-state index in [1.807, 2.05) is 24.3 Å². The van der Waals surface area contributed by atoms with Gasteiger partial charge in [0.15, 0.2) is 5.96 Å². The standard InChI is InChI=1S/C21H25FN4O2.HI/c1-23-21(24-13-15-7-9-17(22)10-8-15)25-14-16-4-2-5-18(12-16)26-20(27)19-6-3-11-28-19;/h2,4-5,7-10,12,19H,3,6,11,13-14H2,1H3,(H,26,27)(H2,23,24,25);1H. The molecule has 1 fully saturated rings. The number of amides is 1. The summed E-state index contributed by atoms with van der Waals surface area (Å²) in [4.78, 5) is 16.4. The number of anilines is 1. The summed E-state index contributed by atoms with van der Waals surface area (Å²) in [6.07, 6.45) is 1.34. The van der Waals surface area contributed by atoms with Gasteiger partial charge in [0.1, 0.15) is 11.9 Å². The van der Waals surface area contributed by atoms with E-state index < -0.39 is 0 Å². The smallest absolute Gasteiger partial charge is 0.253 e. The van der Waals surface area contributed by atoms with Crippen LogP contribution in [-0.2, 0) is 22.6 Å². The van der Waals surface area contributed by atoms with Gasteiger partial charge >= 0.3 is 0 Å². The number of nitrogens with one attached hydrogen (secondary N) is 3. The molecule has 1 unspecified atom stereocenters. The van der Waals surface area contributed by atoms with Crippen LogP contribution in [0.4, 0.5) is 10.1 Å². The Morgan fingerprint density at radius 1 is 1.14 bits per heavy atom. The van der Waals surface area contributed by atoms with Gasteiger partial charge in [0.05, 0.1) is 0 Å². The predicted octanol–water partition coefficient (Wildman–Crippen LogP) is 3.43. The number of nitrogens with zero attached hydrogens (tertiary/aromatic N) is 1. The van der Waals surface area contributed by atoms with Gasteiger partial charge < -0.3 is 20.7 Å². The maximum atomic E-state index is 13.0. The molecule has 29 heavy (non-hydrogen) atoms. The quantitative estimate of drug-likeness (QED) is 0.315. The number of aliphatic imine (C=N–C) groups is 1. The lowest BCUT2D eigenvalue weighted by molar-refractivity contribution is -0.124. The third-order valence-corrected chi connectivity index (χ3v) is 4.47. The maximum absolute atomic E-state index is 13.0. The second-order valence-corrected chi connectivity index (χ2v) is 6.60. The summed E-state index contributed by atoms with van der Waals surface area (Å²) in [7, 11) is 1.69. The monoisotopic (exact) mass is 512 g/mol. The van der Waals surface area contributed by atoms with Crippen LogP contribution in [0, 0.1) is 5.82 Å². The first-order valence-electron chi connectivity index (χ1n) is 9.34. The first-order chi connectivity index (χ1) is 13.6. The number of guanidine groups is 1. The Morgan fingerprint density at radius 2 is 1.86 bits per heavy atom. The number of rotatable bonds is 6. The number of hydrogen-bond acceptors (Lipinski definition) is 3. The first kappa shape index (κ1) is 23.1. The van der Waals surface area contributed by atoms with E-state index in [-0.39, 0.29) is 41.8 Å². The Hall–Kier alpha value is -2.20. The van der Waals surface area contributed by atoms with Crippen LogP contribution >= 0.6 is 24.0 Å². The van der Waals surface area contributed by atoms with E-state index in [1.54, 1.807) is 19.2 Å². The van der Waals surface area contributed by atoms with Gasteiger partial charge in [-0.15, -0.1) is 24.0 Å². The summed E-state index contributed by atoms with van der Waals surface area (Å²) in [6, 6.07) is 14.0. The average Bonchev–Trinajstić information content (AvgIpc) is 3.25. The van der Waals surface area contributed by atoms with Crippen LogP contribution in [0.5, 0.6) is 0 Å². The molecule has 2 aromatic carbocycles. The molecule has 3 rings (SSSR count). The van der Waals surface area contributed by atoms with Crippen molar-refractivity contribution in [1.29, 1.82) is 0 Å². The molecule has 0 bridgehead atoms. The molecule has 3 N–H and O–H groups in total. The Kier molecular flexibility index (Phi) is 9.33. The van der Waals surface area contributed by atoms with Crippen LogP contribution in [0.3, 0.4) is 0 Å². The van der Waals surface area contributed by atoms with Crippen molar-refractivity contribution in [2.75, 3.05) is 19.0 Å². The summed E-state index contributed by atoms with van der Waals surface area (Å²) in [5.41, 5.74) is 2.71. The highest BCUT2D eigenvalue weighted by Gasteiger charge is 2.23. The Morgan fingerprint density at radius 3 is 2.52 bits per heavy atom. The van der Waals surface area contributed by atoms with Crippen LogP contribution in [-0.4, -0.2) is 31.6 Å². The highest BCUT2D eigenvalue weighted by atomic mass is 127. The molecule has 1 atom stereocenters. The molecule has 0 saturated carbocycles. The summed E-state index contributed by atoms with van der Waals surface area (Å²) in [6.45, 7) is 1.73. The van der Waals surface area contributed by atoms with Crippen LogP contribution in [0.2, 0.25) is 0 Å². The summed E-state index contributed by atoms with van der Waals surface area (Å²) < 4.78 is 18.4. The normalized spacial score (nSPS) is 16.1. The van der Waals surface area contributed by atoms with Gasteiger partial charge in [0, 0.05) is 32.4 Å². The van der Waals surface area contributed by atoms with Crippen molar-refractivity contribution < 1.29 is 13.9 Å². The predicted molar refractivity (Wildman–Crippen MR) is 123 cm³/mol. The highest BCUT2D eigenvalue weighted by molar-refractivity contribution is 14.0. The number of benzene rings is 2. The minimum Gasteiger partial charge on any atom is -0.368 e. The zero-order chi connectivity index (χ0) is 19.8. The molecular weight excluding hydrogens is 486 g/mol. The second-order valence-electron chi connectivity index (χ2n) is 6.60. The van der Waals surface area contributed by atoms with Gasteiger partial charge in [0.2, 0.25) is 0 Å². The van der Waals surface area contributed by atoms with E-state index in [0.29, 0.717) is 25.7 Å². The minimum absolute atomic E-state index is 0. The van der Waals surface area contributed by atoms with Crippen molar-refractivity contribution >= 4 is 41.5 Å². The number of ether oxygens (including phenoxy) is 1. The van der Waals surface area contributed by atoms with E-state index in [4.69, 9.17) is 4.74 Å². The van der Waals surface area contributed by atoms with Gasteiger partial charge in [-0.25, -0.2) is 4.39 Å². The van der Waals surface area contributed by atoms with Crippen LogP contribution in [0.15, 0.2) is 53.5 Å². The van der Waals surface area contributed by atoms with E-state index in [1.165, 1.54) is 12.1 Å². The number of halogens is 2. The molecular formula is C21H26FIN4O2. The lowest BCUT2D eigenvalue weighted by Gasteiger charge is -2.14. The molecule has 0 radical (unpaired) electrons. The molecule has 1 heterocycles. The molecule has 0 aromatic heterocycles. The zero-order valence-electron chi connectivity index (χ0n) is 16.3. The fourth-order valence-electron chi connectivity index (χ4n) is 2.96. The lowest BCUT2D eigenvalue weighted by atomic mass is 10.2. The van der Waals surface area contributed by atoms with Crippen LogP contribution in [0.1, 0.15) is 24.0 Å². The van der Waals surface area contributed by atoms with E-state index in [2.05, 4.69) is 20.9 Å². The molecule has 8 heteroatoms. The molecule has 1 amide bonds. The zero-order valence-corrected chi connectivity index (χ0v) is 18.6. The highest BCUT2D eigenvalue weighted by Crippen LogP contribution is 2.16. The fraction of sp³-hybridized carbons (Fsp3) is 0.333. The first-order valence-corrected chi connectivity index (χ1v) is 9.34. The van der Waals surface area contributed by atoms with Crippen LogP contribution < -0.4 is 16.0 Å². The topological polar surface area (TPSA) is 74.8 Å². The molecule has 1 saturated heterocycles. The molecule has 156 valence electrons. The molecule has 0 spiro atoms. The third kappa shape index (κ3) is 7.28. The van der Waals surface area contributed by atoms with Crippen molar-refractivity contribution in [3.63, 3.8) is 0 Å². The number of carbonyl (C=O) groups is 1. The molecule has 0 aliphatic carbocycles. The maximum Gasteiger partial charge on any atom is 0.253 e. The Bertz CT molecular complexity index is 824. The van der Waals surface area contributed by atoms with Gasteiger partial charge in [-0.1, -0.05) is 24.3 Å². The SMILES string of the molecule is CN=C(NCc1ccc(F)cc1)NCc1cccc(NC(=O)C2CCCO2)c1.I. The van der Waals surface area contributed by atoms with E-state index in [9.17, 15) is 9.18 Å². The number of hydrogen-bond donors (Lipinski definition) is 3. The van der Waals surface area contributed by atoms with Crippen molar-refractivity contribution in [2.45, 2.75) is 32.0 Å². The lowest BCUT2D eigenvalue weighted by Crippen LogP contribution is -2.36. The van der Waals surface area contributed by atoms with E-state index in [0.717, 1.165) is 29.7 Å². The van der Waals surface area contributed by atoms with Crippen molar-refractivity contribution in [3.8, 4) is 0 Å². The van der Waals surface area contributed by atoms with Gasteiger partial charge in [-0.3, -0.25) is 9.79 Å². The fourth-order valence-corrected chi connectivity index (χ4v) is 2.96. The third-order valence-electron chi connectivity index (χ3n) is 4.47. The largest absolute Gasteiger partial charge is 0.368 e. The minimum atomic E-state index is -0.351. The summed E-state index contributed by atoms with van der Waals surface area (Å²) >= 11 is 0. The van der Waals surface area contributed by atoms with Gasteiger partial charge in [0.25, 0.3) is 5.91 Å². The molecule has 1 aliphatic rings. The van der Waals surface area contributed by atoms with Crippen molar-refractivity contribution in [1.82, 2.24) is 10.6 Å².